The normalized spacial score (nSPS) is 17.2. The highest BCUT2D eigenvalue weighted by atomic mass is 15.2. The molecule has 0 saturated carbocycles. The molecule has 1 fully saturated rings. The molecule has 0 amide bonds. The third-order valence-electron chi connectivity index (χ3n) is 5.01. The van der Waals surface area contributed by atoms with Crippen LogP contribution in [0.15, 0.2) is 59.6 Å². The number of para-hydroxylation sites is 1. The van der Waals surface area contributed by atoms with Crippen molar-refractivity contribution in [1.29, 1.82) is 0 Å². The molecule has 0 aromatic heterocycles. The van der Waals surface area contributed by atoms with Gasteiger partial charge in [-0.1, -0.05) is 42.5 Å². The van der Waals surface area contributed by atoms with Gasteiger partial charge in [-0.2, -0.15) is 0 Å². The quantitative estimate of drug-likeness (QED) is 0.573. The molecule has 5 nitrogen and oxygen atoms in total. The van der Waals surface area contributed by atoms with Crippen LogP contribution >= 0.6 is 0 Å². The van der Waals surface area contributed by atoms with Crippen LogP contribution in [0.3, 0.4) is 0 Å². The van der Waals surface area contributed by atoms with Crippen LogP contribution in [0.1, 0.15) is 24.5 Å². The zero-order valence-corrected chi connectivity index (χ0v) is 17.4. The number of hydrogen-bond acceptors (Lipinski definition) is 3. The molecule has 2 aromatic carbocycles. The standard InChI is InChI=1S/C23H33N5/c1-4-24-23(25-16-19-10-8-9-11-20(19)17-27(2)3)26-21-14-15-28(18-21)22-12-6-5-7-13-22/h5-13,21H,4,14-18H2,1-3H3,(H2,24,25,26). The molecule has 150 valence electrons. The molecule has 1 atom stereocenters. The molecule has 1 aliphatic rings. The van der Waals surface area contributed by atoms with E-state index in [4.69, 9.17) is 4.99 Å². The van der Waals surface area contributed by atoms with Crippen LogP contribution in [-0.2, 0) is 13.1 Å². The summed E-state index contributed by atoms with van der Waals surface area (Å²) >= 11 is 0. The van der Waals surface area contributed by atoms with Gasteiger partial charge in [0.2, 0.25) is 0 Å². The van der Waals surface area contributed by atoms with E-state index < -0.39 is 0 Å². The van der Waals surface area contributed by atoms with Crippen LogP contribution in [0.25, 0.3) is 0 Å². The summed E-state index contributed by atoms with van der Waals surface area (Å²) in [5.41, 5.74) is 3.92. The highest BCUT2D eigenvalue weighted by Gasteiger charge is 2.23. The Labute approximate surface area is 169 Å². The first-order valence-corrected chi connectivity index (χ1v) is 10.2. The van der Waals surface area contributed by atoms with Crippen molar-refractivity contribution in [3.05, 3.63) is 65.7 Å². The summed E-state index contributed by atoms with van der Waals surface area (Å²) in [7, 11) is 4.20. The minimum absolute atomic E-state index is 0.412. The van der Waals surface area contributed by atoms with E-state index in [1.54, 1.807) is 0 Å². The monoisotopic (exact) mass is 379 g/mol. The summed E-state index contributed by atoms with van der Waals surface area (Å²) in [5, 5.41) is 7.04. The highest BCUT2D eigenvalue weighted by molar-refractivity contribution is 5.80. The van der Waals surface area contributed by atoms with Gasteiger partial charge in [0.15, 0.2) is 5.96 Å². The van der Waals surface area contributed by atoms with Gasteiger partial charge >= 0.3 is 0 Å². The Balaban J connectivity index is 1.62. The van der Waals surface area contributed by atoms with Crippen molar-refractivity contribution in [3.63, 3.8) is 0 Å². The summed E-state index contributed by atoms with van der Waals surface area (Å²) in [5.74, 6) is 0.905. The summed E-state index contributed by atoms with van der Waals surface area (Å²) in [6, 6.07) is 19.6. The Morgan fingerprint density at radius 2 is 1.79 bits per heavy atom. The molecule has 0 spiro atoms. The zero-order chi connectivity index (χ0) is 19.8. The van der Waals surface area contributed by atoms with E-state index in [0.29, 0.717) is 12.6 Å². The maximum Gasteiger partial charge on any atom is 0.191 e. The first kappa shape index (κ1) is 20.2. The molecular formula is C23H33N5. The Kier molecular flexibility index (Phi) is 7.31. The topological polar surface area (TPSA) is 42.9 Å². The van der Waals surface area contributed by atoms with Crippen LogP contribution in [0.2, 0.25) is 0 Å². The van der Waals surface area contributed by atoms with Gasteiger partial charge in [-0.3, -0.25) is 0 Å². The van der Waals surface area contributed by atoms with Crippen molar-refractivity contribution in [1.82, 2.24) is 15.5 Å². The smallest absolute Gasteiger partial charge is 0.191 e. The van der Waals surface area contributed by atoms with E-state index in [0.717, 1.165) is 38.6 Å². The first-order chi connectivity index (χ1) is 13.7. The van der Waals surface area contributed by atoms with E-state index in [2.05, 4.69) is 96.0 Å². The maximum atomic E-state index is 4.87. The average Bonchev–Trinajstić information content (AvgIpc) is 3.16. The van der Waals surface area contributed by atoms with Gasteiger partial charge in [0.05, 0.1) is 6.54 Å². The number of anilines is 1. The predicted molar refractivity (Wildman–Crippen MR) is 119 cm³/mol. The molecule has 0 radical (unpaired) electrons. The number of nitrogens with one attached hydrogen (secondary N) is 2. The highest BCUT2D eigenvalue weighted by Crippen LogP contribution is 2.19. The van der Waals surface area contributed by atoms with Gasteiger partial charge < -0.3 is 20.4 Å². The first-order valence-electron chi connectivity index (χ1n) is 10.2. The largest absolute Gasteiger partial charge is 0.369 e. The Morgan fingerprint density at radius 3 is 2.50 bits per heavy atom. The Bertz CT molecular complexity index is 757. The van der Waals surface area contributed by atoms with Crippen molar-refractivity contribution < 1.29 is 0 Å². The Morgan fingerprint density at radius 1 is 1.07 bits per heavy atom. The van der Waals surface area contributed by atoms with E-state index in [1.165, 1.54) is 16.8 Å². The zero-order valence-electron chi connectivity index (χ0n) is 17.4. The Hall–Kier alpha value is -2.53. The molecule has 28 heavy (non-hydrogen) atoms. The van der Waals surface area contributed by atoms with Crippen LogP contribution in [0, 0.1) is 0 Å². The summed E-state index contributed by atoms with van der Waals surface area (Å²) < 4.78 is 0. The molecule has 1 aliphatic heterocycles. The summed E-state index contributed by atoms with van der Waals surface area (Å²) in [4.78, 5) is 9.51. The second-order valence-electron chi connectivity index (χ2n) is 7.61. The van der Waals surface area contributed by atoms with E-state index in [9.17, 15) is 0 Å². The maximum absolute atomic E-state index is 4.87. The fourth-order valence-corrected chi connectivity index (χ4v) is 3.64. The molecule has 2 N–H and O–H groups in total. The third-order valence-corrected chi connectivity index (χ3v) is 5.01. The average molecular weight is 380 g/mol. The fourth-order valence-electron chi connectivity index (χ4n) is 3.64. The minimum atomic E-state index is 0.412. The number of aliphatic imine (C=N–C) groups is 1. The van der Waals surface area contributed by atoms with E-state index in [-0.39, 0.29) is 0 Å². The van der Waals surface area contributed by atoms with Gasteiger partial charge in [-0.15, -0.1) is 0 Å². The van der Waals surface area contributed by atoms with Gasteiger partial charge in [0.25, 0.3) is 0 Å². The van der Waals surface area contributed by atoms with Crippen molar-refractivity contribution >= 4 is 11.6 Å². The third kappa shape index (κ3) is 5.73. The molecule has 1 unspecified atom stereocenters. The molecule has 0 bridgehead atoms. The number of rotatable bonds is 7. The number of guanidine groups is 1. The molecule has 5 heteroatoms. The summed E-state index contributed by atoms with van der Waals surface area (Å²) in [6.07, 6.45) is 1.12. The van der Waals surface area contributed by atoms with Crippen molar-refractivity contribution in [3.8, 4) is 0 Å². The lowest BCUT2D eigenvalue weighted by molar-refractivity contribution is 0.401. The van der Waals surface area contributed by atoms with Crippen LogP contribution in [0.5, 0.6) is 0 Å². The van der Waals surface area contributed by atoms with Gasteiger partial charge in [0.1, 0.15) is 0 Å². The van der Waals surface area contributed by atoms with Crippen LogP contribution in [0.4, 0.5) is 5.69 Å². The summed E-state index contributed by atoms with van der Waals surface area (Å²) in [6.45, 7) is 6.68. The lowest BCUT2D eigenvalue weighted by Crippen LogP contribution is -2.44. The second kappa shape index (κ2) is 10.1. The van der Waals surface area contributed by atoms with Crippen LogP contribution < -0.4 is 15.5 Å². The lowest BCUT2D eigenvalue weighted by atomic mass is 10.1. The van der Waals surface area contributed by atoms with Gasteiger partial charge in [-0.25, -0.2) is 4.99 Å². The SMILES string of the molecule is CCNC(=NCc1ccccc1CN(C)C)NC1CCN(c2ccccc2)C1. The number of nitrogens with zero attached hydrogens (tertiary/aromatic N) is 3. The van der Waals surface area contributed by atoms with Gasteiger partial charge in [-0.05, 0) is 50.7 Å². The van der Waals surface area contributed by atoms with Crippen molar-refractivity contribution in [2.24, 2.45) is 4.99 Å². The number of hydrogen-bond donors (Lipinski definition) is 2. The number of benzene rings is 2. The van der Waals surface area contributed by atoms with E-state index in [1.807, 2.05) is 0 Å². The molecule has 1 heterocycles. The molecule has 3 rings (SSSR count). The predicted octanol–water partition coefficient (Wildman–Crippen LogP) is 3.08. The second-order valence-corrected chi connectivity index (χ2v) is 7.61. The lowest BCUT2D eigenvalue weighted by Gasteiger charge is -2.20. The van der Waals surface area contributed by atoms with Crippen LogP contribution in [-0.4, -0.2) is 50.6 Å². The molecule has 0 aliphatic carbocycles. The fraction of sp³-hybridized carbons (Fsp3) is 0.435. The molecule has 2 aromatic rings. The minimum Gasteiger partial charge on any atom is -0.369 e. The molecule has 1 saturated heterocycles. The molecular weight excluding hydrogens is 346 g/mol. The van der Waals surface area contributed by atoms with Crippen molar-refractivity contribution in [2.45, 2.75) is 32.5 Å². The van der Waals surface area contributed by atoms with Crippen molar-refractivity contribution in [2.75, 3.05) is 38.6 Å². The van der Waals surface area contributed by atoms with E-state index >= 15 is 0 Å². The van der Waals surface area contributed by atoms with Gasteiger partial charge in [0, 0.05) is 37.9 Å².